The minimum atomic E-state index is 0.368. The van der Waals surface area contributed by atoms with Gasteiger partial charge in [0, 0.05) is 0 Å². The molecule has 2 rings (SSSR count). The van der Waals surface area contributed by atoms with E-state index in [0.717, 1.165) is 10.6 Å². The zero-order valence-electron chi connectivity index (χ0n) is 6.84. The Labute approximate surface area is 94.7 Å². The van der Waals surface area contributed by atoms with Gasteiger partial charge in [0.25, 0.3) is 0 Å². The van der Waals surface area contributed by atoms with Gasteiger partial charge in [0.1, 0.15) is 11.2 Å². The molecular formula is C9H4Cl2N2S. The van der Waals surface area contributed by atoms with Crippen molar-refractivity contribution in [2.45, 2.75) is 0 Å². The summed E-state index contributed by atoms with van der Waals surface area (Å²) in [6, 6.07) is 7.41. The summed E-state index contributed by atoms with van der Waals surface area (Å²) in [6.45, 7) is 0. The Morgan fingerprint density at radius 2 is 2.14 bits per heavy atom. The number of hydrogen-bond acceptors (Lipinski definition) is 2. The molecule has 2 aromatic rings. The molecule has 0 aliphatic heterocycles. The minimum Gasteiger partial charge on any atom is -0.344 e. The number of hydrogen-bond donors (Lipinski definition) is 1. The van der Waals surface area contributed by atoms with Crippen molar-refractivity contribution in [3.63, 3.8) is 0 Å². The van der Waals surface area contributed by atoms with Gasteiger partial charge in [0.05, 0.1) is 20.5 Å². The standard InChI is InChI=1S/C9H4Cl2N2S/c10-8-2-1-7(14-8)6-3-5(4-12)9(11)13-6/h1-3,13H. The molecule has 2 heterocycles. The van der Waals surface area contributed by atoms with Crippen LogP contribution in [0.25, 0.3) is 10.6 Å². The third-order valence-electron chi connectivity index (χ3n) is 1.73. The van der Waals surface area contributed by atoms with Crippen molar-refractivity contribution in [2.24, 2.45) is 0 Å². The average molecular weight is 243 g/mol. The number of nitrogens with one attached hydrogen (secondary N) is 1. The van der Waals surface area contributed by atoms with E-state index < -0.39 is 0 Å². The van der Waals surface area contributed by atoms with Crippen molar-refractivity contribution in [3.05, 3.63) is 33.3 Å². The lowest BCUT2D eigenvalue weighted by Gasteiger charge is -1.88. The van der Waals surface area contributed by atoms with Gasteiger partial charge in [-0.15, -0.1) is 11.3 Å². The first-order valence-corrected chi connectivity index (χ1v) is 5.32. The summed E-state index contributed by atoms with van der Waals surface area (Å²) >= 11 is 13.0. The fourth-order valence-electron chi connectivity index (χ4n) is 1.10. The Kier molecular flexibility index (Phi) is 2.51. The number of H-pyrrole nitrogens is 1. The molecule has 0 bridgehead atoms. The molecule has 0 atom stereocenters. The fourth-order valence-corrected chi connectivity index (χ4v) is 2.32. The zero-order chi connectivity index (χ0) is 10.1. The molecule has 0 aliphatic carbocycles. The van der Waals surface area contributed by atoms with Crippen LogP contribution in [-0.2, 0) is 0 Å². The van der Waals surface area contributed by atoms with Crippen molar-refractivity contribution >= 4 is 34.5 Å². The monoisotopic (exact) mass is 242 g/mol. The molecule has 0 aromatic carbocycles. The highest BCUT2D eigenvalue weighted by Gasteiger charge is 2.08. The molecule has 2 nitrogen and oxygen atoms in total. The summed E-state index contributed by atoms with van der Waals surface area (Å²) in [5.41, 5.74) is 1.27. The molecule has 0 saturated heterocycles. The van der Waals surface area contributed by atoms with Gasteiger partial charge in [-0.1, -0.05) is 23.2 Å². The second kappa shape index (κ2) is 3.66. The van der Waals surface area contributed by atoms with Gasteiger partial charge in [0.15, 0.2) is 0 Å². The molecule has 14 heavy (non-hydrogen) atoms. The lowest BCUT2D eigenvalue weighted by molar-refractivity contribution is 1.41. The van der Waals surface area contributed by atoms with Crippen LogP contribution in [0.1, 0.15) is 5.56 Å². The van der Waals surface area contributed by atoms with Gasteiger partial charge in [-0.05, 0) is 18.2 Å². The van der Waals surface area contributed by atoms with Crippen LogP contribution in [0.4, 0.5) is 0 Å². The van der Waals surface area contributed by atoms with Crippen LogP contribution in [0.5, 0.6) is 0 Å². The van der Waals surface area contributed by atoms with Crippen LogP contribution in [0.2, 0.25) is 9.49 Å². The van der Waals surface area contributed by atoms with E-state index in [9.17, 15) is 0 Å². The summed E-state index contributed by atoms with van der Waals surface area (Å²) in [6.07, 6.45) is 0. The molecule has 0 amide bonds. The maximum atomic E-state index is 8.71. The molecule has 0 saturated carbocycles. The highest BCUT2D eigenvalue weighted by atomic mass is 35.5. The zero-order valence-corrected chi connectivity index (χ0v) is 9.17. The van der Waals surface area contributed by atoms with E-state index in [0.29, 0.717) is 15.1 Å². The first-order valence-electron chi connectivity index (χ1n) is 3.75. The molecule has 0 unspecified atom stereocenters. The van der Waals surface area contributed by atoms with Crippen molar-refractivity contribution in [3.8, 4) is 16.6 Å². The van der Waals surface area contributed by atoms with Crippen LogP contribution < -0.4 is 0 Å². The summed E-state index contributed by atoms with van der Waals surface area (Å²) in [4.78, 5) is 3.89. The predicted molar refractivity (Wildman–Crippen MR) is 58.8 cm³/mol. The van der Waals surface area contributed by atoms with E-state index in [-0.39, 0.29) is 0 Å². The maximum absolute atomic E-state index is 8.71. The molecule has 0 fully saturated rings. The summed E-state index contributed by atoms with van der Waals surface area (Å²) in [5.74, 6) is 0. The molecular weight excluding hydrogens is 239 g/mol. The lowest BCUT2D eigenvalue weighted by Crippen LogP contribution is -1.68. The predicted octanol–water partition coefficient (Wildman–Crippen LogP) is 3.92. The SMILES string of the molecule is N#Cc1cc(-c2ccc(Cl)s2)[nH]c1Cl. The number of aromatic amines is 1. The normalized spacial score (nSPS) is 10.1. The Morgan fingerprint density at radius 1 is 1.36 bits per heavy atom. The highest BCUT2D eigenvalue weighted by Crippen LogP contribution is 2.32. The van der Waals surface area contributed by atoms with Gasteiger partial charge >= 0.3 is 0 Å². The number of nitrogens with zero attached hydrogens (tertiary/aromatic N) is 1. The second-order valence-electron chi connectivity index (χ2n) is 2.63. The van der Waals surface area contributed by atoms with Crippen LogP contribution in [0, 0.1) is 11.3 Å². The number of nitriles is 1. The Morgan fingerprint density at radius 3 is 2.64 bits per heavy atom. The molecule has 2 aromatic heterocycles. The van der Waals surface area contributed by atoms with Crippen LogP contribution >= 0.6 is 34.5 Å². The third-order valence-corrected chi connectivity index (χ3v) is 3.29. The minimum absolute atomic E-state index is 0.368. The molecule has 0 radical (unpaired) electrons. The third kappa shape index (κ3) is 1.64. The van der Waals surface area contributed by atoms with Gasteiger partial charge in [-0.3, -0.25) is 0 Å². The summed E-state index contributed by atoms with van der Waals surface area (Å²) in [7, 11) is 0. The first-order chi connectivity index (χ1) is 6.70. The van der Waals surface area contributed by atoms with E-state index in [1.165, 1.54) is 11.3 Å². The van der Waals surface area contributed by atoms with E-state index in [1.807, 2.05) is 18.2 Å². The molecule has 1 N–H and O–H groups in total. The maximum Gasteiger partial charge on any atom is 0.124 e. The Hall–Kier alpha value is -0.950. The number of aromatic nitrogens is 1. The Balaban J connectivity index is 2.48. The van der Waals surface area contributed by atoms with E-state index in [4.69, 9.17) is 28.5 Å². The van der Waals surface area contributed by atoms with E-state index in [2.05, 4.69) is 4.98 Å². The molecule has 70 valence electrons. The number of thiophene rings is 1. The van der Waals surface area contributed by atoms with E-state index >= 15 is 0 Å². The molecule has 0 spiro atoms. The van der Waals surface area contributed by atoms with Crippen LogP contribution in [0.15, 0.2) is 18.2 Å². The highest BCUT2D eigenvalue weighted by molar-refractivity contribution is 7.19. The van der Waals surface area contributed by atoms with Crippen molar-refractivity contribution in [1.82, 2.24) is 4.98 Å². The quantitative estimate of drug-likeness (QED) is 0.809. The van der Waals surface area contributed by atoms with Gasteiger partial charge in [0.2, 0.25) is 0 Å². The smallest absolute Gasteiger partial charge is 0.124 e. The topological polar surface area (TPSA) is 39.6 Å². The fraction of sp³-hybridized carbons (Fsp3) is 0. The number of halogens is 2. The summed E-state index contributed by atoms with van der Waals surface area (Å²) in [5, 5.41) is 9.07. The number of rotatable bonds is 1. The Bertz CT molecular complexity index is 507. The van der Waals surface area contributed by atoms with Crippen molar-refractivity contribution in [2.75, 3.05) is 0 Å². The average Bonchev–Trinajstić information content (AvgIpc) is 2.71. The van der Waals surface area contributed by atoms with Crippen LogP contribution in [0.3, 0.4) is 0 Å². The second-order valence-corrected chi connectivity index (χ2v) is 4.72. The largest absolute Gasteiger partial charge is 0.344 e. The van der Waals surface area contributed by atoms with Crippen molar-refractivity contribution in [1.29, 1.82) is 5.26 Å². The van der Waals surface area contributed by atoms with Gasteiger partial charge in [-0.25, -0.2) is 0 Å². The van der Waals surface area contributed by atoms with E-state index in [1.54, 1.807) is 6.07 Å². The molecule has 0 aliphatic rings. The van der Waals surface area contributed by atoms with Crippen molar-refractivity contribution < 1.29 is 0 Å². The van der Waals surface area contributed by atoms with Crippen LogP contribution in [-0.4, -0.2) is 4.98 Å². The molecule has 5 heteroatoms. The summed E-state index contributed by atoms with van der Waals surface area (Å²) < 4.78 is 0.712. The lowest BCUT2D eigenvalue weighted by atomic mass is 10.3. The first kappa shape index (κ1) is 9.60. The van der Waals surface area contributed by atoms with Gasteiger partial charge in [-0.2, -0.15) is 5.26 Å². The van der Waals surface area contributed by atoms with Gasteiger partial charge < -0.3 is 4.98 Å².